The van der Waals surface area contributed by atoms with Gasteiger partial charge in [-0.3, -0.25) is 4.21 Å². The number of carboxylic acid groups (broad SMARTS) is 1. The van der Waals surface area contributed by atoms with Crippen LogP contribution in [0.1, 0.15) is 6.92 Å². The summed E-state index contributed by atoms with van der Waals surface area (Å²) >= 11 is 0. The number of para-hydroxylation sites is 2. The van der Waals surface area contributed by atoms with Gasteiger partial charge in [0.15, 0.2) is 6.61 Å². The van der Waals surface area contributed by atoms with Gasteiger partial charge >= 0.3 is 12.0 Å². The molecule has 1 aromatic carbocycles. The number of hydrogen-bond donors (Lipinski definition) is 3. The van der Waals surface area contributed by atoms with Crippen LogP contribution in [0.2, 0.25) is 0 Å². The van der Waals surface area contributed by atoms with E-state index in [0.29, 0.717) is 5.69 Å². The zero-order valence-electron chi connectivity index (χ0n) is 11.8. The fourth-order valence-corrected chi connectivity index (χ4v) is 1.67. The van der Waals surface area contributed by atoms with Crippen LogP contribution in [0.3, 0.4) is 0 Å². The molecule has 0 aliphatic carbocycles. The highest BCUT2D eigenvalue weighted by molar-refractivity contribution is 7.84. The second-order valence-corrected chi connectivity index (χ2v) is 6.12. The van der Waals surface area contributed by atoms with Crippen molar-refractivity contribution in [1.82, 2.24) is 5.32 Å². The molecule has 2 atom stereocenters. The molecule has 0 saturated heterocycles. The number of hydrogen-bond acceptors (Lipinski definition) is 4. The SMILES string of the molecule is CC(CNC(=O)Nc1ccccc1OCC(=O)O)S(C)=O. The van der Waals surface area contributed by atoms with Crippen molar-refractivity contribution in [3.63, 3.8) is 0 Å². The summed E-state index contributed by atoms with van der Waals surface area (Å²) in [6.45, 7) is 1.54. The normalized spacial score (nSPS) is 13.0. The number of anilines is 1. The highest BCUT2D eigenvalue weighted by Gasteiger charge is 2.11. The molecule has 0 aliphatic rings. The van der Waals surface area contributed by atoms with Gasteiger partial charge in [0.2, 0.25) is 0 Å². The Kier molecular flexibility index (Phi) is 6.67. The number of carboxylic acids is 1. The second-order valence-electron chi connectivity index (χ2n) is 4.32. The molecular formula is C13H18N2O5S. The second kappa shape index (κ2) is 8.25. The molecule has 7 nitrogen and oxygen atoms in total. The smallest absolute Gasteiger partial charge is 0.341 e. The Morgan fingerprint density at radius 1 is 1.38 bits per heavy atom. The highest BCUT2D eigenvalue weighted by Crippen LogP contribution is 2.23. The summed E-state index contributed by atoms with van der Waals surface area (Å²) in [6.07, 6.45) is 1.57. The van der Waals surface area contributed by atoms with E-state index in [2.05, 4.69) is 10.6 Å². The summed E-state index contributed by atoms with van der Waals surface area (Å²) in [5.74, 6) is -0.837. The van der Waals surface area contributed by atoms with Crippen LogP contribution in [0.4, 0.5) is 10.5 Å². The average Bonchev–Trinajstić information content (AvgIpc) is 2.43. The molecule has 1 aromatic rings. The lowest BCUT2D eigenvalue weighted by Gasteiger charge is -2.13. The van der Waals surface area contributed by atoms with Gasteiger partial charge in [-0.1, -0.05) is 12.1 Å². The monoisotopic (exact) mass is 314 g/mol. The molecule has 0 bridgehead atoms. The molecule has 0 saturated carbocycles. The molecule has 21 heavy (non-hydrogen) atoms. The van der Waals surface area contributed by atoms with E-state index in [4.69, 9.17) is 9.84 Å². The largest absolute Gasteiger partial charge is 0.480 e. The summed E-state index contributed by atoms with van der Waals surface area (Å²) in [7, 11) is -1.02. The van der Waals surface area contributed by atoms with Crippen molar-refractivity contribution in [2.45, 2.75) is 12.2 Å². The minimum Gasteiger partial charge on any atom is -0.480 e. The molecule has 0 aliphatic heterocycles. The quantitative estimate of drug-likeness (QED) is 0.697. The molecular weight excluding hydrogens is 296 g/mol. The number of rotatable bonds is 7. The fourth-order valence-electron chi connectivity index (χ4n) is 1.36. The standard InChI is InChI=1S/C13H18N2O5S/c1-9(21(2)19)7-14-13(18)15-10-5-3-4-6-11(10)20-8-12(16)17/h3-6,9H,7-8H2,1-2H3,(H,16,17)(H2,14,15,18). The number of urea groups is 1. The van der Waals surface area contributed by atoms with Gasteiger partial charge in [0.05, 0.1) is 5.69 Å². The molecule has 0 radical (unpaired) electrons. The Morgan fingerprint density at radius 3 is 2.67 bits per heavy atom. The number of carbonyl (C=O) groups excluding carboxylic acids is 1. The van der Waals surface area contributed by atoms with Crippen molar-refractivity contribution in [2.75, 3.05) is 24.7 Å². The third-order valence-corrected chi connectivity index (χ3v) is 3.90. The maximum atomic E-state index is 11.7. The molecule has 3 N–H and O–H groups in total. The Hall–Kier alpha value is -2.09. The third-order valence-electron chi connectivity index (χ3n) is 2.60. The zero-order valence-corrected chi connectivity index (χ0v) is 12.6. The first-order valence-electron chi connectivity index (χ1n) is 6.21. The van der Waals surface area contributed by atoms with E-state index in [1.54, 1.807) is 37.4 Å². The van der Waals surface area contributed by atoms with Crippen LogP contribution in [0, 0.1) is 0 Å². The first kappa shape index (κ1) is 17.0. The van der Waals surface area contributed by atoms with Gasteiger partial charge in [0.25, 0.3) is 0 Å². The van der Waals surface area contributed by atoms with Gasteiger partial charge in [0, 0.05) is 28.9 Å². The van der Waals surface area contributed by atoms with Crippen LogP contribution in [0.15, 0.2) is 24.3 Å². The van der Waals surface area contributed by atoms with Crippen molar-refractivity contribution in [2.24, 2.45) is 0 Å². The van der Waals surface area contributed by atoms with Crippen molar-refractivity contribution >= 4 is 28.5 Å². The average molecular weight is 314 g/mol. The zero-order chi connectivity index (χ0) is 15.8. The van der Waals surface area contributed by atoms with Crippen molar-refractivity contribution in [3.05, 3.63) is 24.3 Å². The van der Waals surface area contributed by atoms with E-state index < -0.39 is 29.4 Å². The van der Waals surface area contributed by atoms with Crippen molar-refractivity contribution in [1.29, 1.82) is 0 Å². The number of aliphatic carboxylic acids is 1. The maximum Gasteiger partial charge on any atom is 0.341 e. The number of nitrogens with one attached hydrogen (secondary N) is 2. The van der Waals surface area contributed by atoms with E-state index in [0.717, 1.165) is 0 Å². The van der Waals surface area contributed by atoms with E-state index in [-0.39, 0.29) is 17.5 Å². The summed E-state index contributed by atoms with van der Waals surface area (Å²) < 4.78 is 16.3. The molecule has 0 heterocycles. The Bertz CT molecular complexity index is 535. The van der Waals surface area contributed by atoms with Crippen LogP contribution in [0.25, 0.3) is 0 Å². The molecule has 116 valence electrons. The minimum absolute atomic E-state index is 0.158. The number of ether oxygens (including phenoxy) is 1. The van der Waals surface area contributed by atoms with Crippen molar-refractivity contribution in [3.8, 4) is 5.75 Å². The fraction of sp³-hybridized carbons (Fsp3) is 0.385. The summed E-state index contributed by atoms with van der Waals surface area (Å²) in [6, 6.07) is 6.04. The predicted molar refractivity (Wildman–Crippen MR) is 80.1 cm³/mol. The molecule has 8 heteroatoms. The lowest BCUT2D eigenvalue weighted by Crippen LogP contribution is -2.35. The number of amides is 2. The maximum absolute atomic E-state index is 11.7. The third kappa shape index (κ3) is 6.26. The van der Waals surface area contributed by atoms with Gasteiger partial charge in [-0.25, -0.2) is 9.59 Å². The van der Waals surface area contributed by atoms with Gasteiger partial charge in [0.1, 0.15) is 5.75 Å². The van der Waals surface area contributed by atoms with Gasteiger partial charge in [-0.05, 0) is 19.1 Å². The molecule has 2 amide bonds. The van der Waals surface area contributed by atoms with Crippen LogP contribution in [-0.4, -0.2) is 46.0 Å². The lowest BCUT2D eigenvalue weighted by molar-refractivity contribution is -0.139. The van der Waals surface area contributed by atoms with Crippen molar-refractivity contribution < 1.29 is 23.6 Å². The predicted octanol–water partition coefficient (Wildman–Crippen LogP) is 1.04. The molecule has 2 unspecified atom stereocenters. The van der Waals surface area contributed by atoms with E-state index in [1.807, 2.05) is 0 Å². The number of carbonyl (C=O) groups is 2. The molecule has 1 rings (SSSR count). The summed E-state index contributed by atoms with van der Waals surface area (Å²) in [5.41, 5.74) is 0.363. The van der Waals surface area contributed by atoms with Crippen LogP contribution in [-0.2, 0) is 15.6 Å². The van der Waals surface area contributed by atoms with Gasteiger partial charge in [-0.2, -0.15) is 0 Å². The molecule has 0 fully saturated rings. The molecule has 0 spiro atoms. The Balaban J connectivity index is 2.59. The topological polar surface area (TPSA) is 105 Å². The molecule has 0 aromatic heterocycles. The van der Waals surface area contributed by atoms with E-state index >= 15 is 0 Å². The lowest BCUT2D eigenvalue weighted by atomic mass is 10.3. The van der Waals surface area contributed by atoms with Gasteiger partial charge < -0.3 is 20.5 Å². The Labute approximate surface area is 125 Å². The summed E-state index contributed by atoms with van der Waals surface area (Å²) in [4.78, 5) is 22.2. The van der Waals surface area contributed by atoms with Crippen LogP contribution < -0.4 is 15.4 Å². The van der Waals surface area contributed by atoms with E-state index in [9.17, 15) is 13.8 Å². The van der Waals surface area contributed by atoms with E-state index in [1.165, 1.54) is 0 Å². The summed E-state index contributed by atoms with van der Waals surface area (Å²) in [5, 5.41) is 13.6. The van der Waals surface area contributed by atoms with Gasteiger partial charge in [-0.15, -0.1) is 0 Å². The van der Waals surface area contributed by atoms with Crippen LogP contribution in [0.5, 0.6) is 5.75 Å². The highest BCUT2D eigenvalue weighted by atomic mass is 32.2. The Morgan fingerprint density at radius 2 is 2.05 bits per heavy atom. The van der Waals surface area contributed by atoms with Crippen LogP contribution >= 0.6 is 0 Å². The minimum atomic E-state index is -1.10. The number of benzene rings is 1. The first-order chi connectivity index (χ1) is 9.90. The first-order valence-corrected chi connectivity index (χ1v) is 7.83.